The van der Waals surface area contributed by atoms with Crippen LogP contribution >= 0.6 is 0 Å². The first kappa shape index (κ1) is 8.94. The largest absolute Gasteiger partial charge is 0.307 e. The van der Waals surface area contributed by atoms with Crippen LogP contribution < -0.4 is 5.56 Å². The molecule has 0 radical (unpaired) electrons. The van der Waals surface area contributed by atoms with Crippen molar-refractivity contribution in [3.8, 4) is 0 Å². The van der Waals surface area contributed by atoms with Crippen molar-refractivity contribution in [3.05, 3.63) is 40.3 Å². The lowest BCUT2D eigenvalue weighted by atomic mass is 10.1. The molecule has 3 nitrogen and oxygen atoms in total. The molecule has 0 aliphatic heterocycles. The van der Waals surface area contributed by atoms with Gasteiger partial charge in [0.05, 0.1) is 0 Å². The van der Waals surface area contributed by atoms with Crippen LogP contribution in [-0.4, -0.2) is 9.97 Å². The minimum atomic E-state index is -0.0985. The number of hydrogen-bond acceptors (Lipinski definition) is 2. The molecule has 3 heteroatoms. The highest BCUT2D eigenvalue weighted by molar-refractivity contribution is 5.78. The van der Waals surface area contributed by atoms with E-state index in [1.807, 2.05) is 12.1 Å². The molecule has 0 aromatic carbocycles. The highest BCUT2D eigenvalue weighted by atomic mass is 16.1. The lowest BCUT2D eigenvalue weighted by Gasteiger charge is -2.02. The molecule has 0 atom stereocenters. The van der Waals surface area contributed by atoms with Gasteiger partial charge in [-0.05, 0) is 24.1 Å². The fraction of sp³-hybridized carbons (Fsp3) is 0.273. The third-order valence-corrected chi connectivity index (χ3v) is 2.24. The van der Waals surface area contributed by atoms with Crippen molar-refractivity contribution in [2.45, 2.75) is 19.8 Å². The summed E-state index contributed by atoms with van der Waals surface area (Å²) in [6.45, 7) is 2.14. The van der Waals surface area contributed by atoms with Gasteiger partial charge >= 0.3 is 0 Å². The second-order valence-corrected chi connectivity index (χ2v) is 3.30. The Balaban J connectivity index is 2.68. The predicted molar refractivity (Wildman–Crippen MR) is 56.4 cm³/mol. The lowest BCUT2D eigenvalue weighted by Crippen LogP contribution is -2.04. The Morgan fingerprint density at radius 2 is 2.21 bits per heavy atom. The lowest BCUT2D eigenvalue weighted by molar-refractivity contribution is 0.926. The molecule has 0 aliphatic rings. The number of aryl methyl sites for hydroxylation is 1. The van der Waals surface area contributed by atoms with Crippen LogP contribution in [0.2, 0.25) is 0 Å². The number of hydrogen-bond donors (Lipinski definition) is 1. The number of rotatable bonds is 2. The van der Waals surface area contributed by atoms with E-state index in [-0.39, 0.29) is 5.56 Å². The van der Waals surface area contributed by atoms with E-state index in [4.69, 9.17) is 0 Å². The monoisotopic (exact) mass is 188 g/mol. The Morgan fingerprint density at radius 3 is 3.00 bits per heavy atom. The van der Waals surface area contributed by atoms with E-state index in [1.54, 1.807) is 12.3 Å². The van der Waals surface area contributed by atoms with E-state index >= 15 is 0 Å². The van der Waals surface area contributed by atoms with E-state index in [9.17, 15) is 4.79 Å². The molecular formula is C11H12N2O. The minimum absolute atomic E-state index is 0.0985. The first-order chi connectivity index (χ1) is 6.81. The van der Waals surface area contributed by atoms with E-state index in [0.717, 1.165) is 18.2 Å². The maximum atomic E-state index is 11.1. The van der Waals surface area contributed by atoms with E-state index in [0.29, 0.717) is 5.65 Å². The second-order valence-electron chi connectivity index (χ2n) is 3.30. The second kappa shape index (κ2) is 3.62. The van der Waals surface area contributed by atoms with Crippen LogP contribution in [0.4, 0.5) is 0 Å². The van der Waals surface area contributed by atoms with Gasteiger partial charge in [-0.3, -0.25) is 4.79 Å². The van der Waals surface area contributed by atoms with Gasteiger partial charge in [0.15, 0.2) is 0 Å². The van der Waals surface area contributed by atoms with Gasteiger partial charge in [0.25, 0.3) is 0 Å². The van der Waals surface area contributed by atoms with Crippen LogP contribution in [0, 0.1) is 0 Å². The van der Waals surface area contributed by atoms with Crippen molar-refractivity contribution in [2.75, 3.05) is 0 Å². The molecule has 0 saturated heterocycles. The molecule has 72 valence electrons. The van der Waals surface area contributed by atoms with Crippen molar-refractivity contribution < 1.29 is 0 Å². The third kappa shape index (κ3) is 1.53. The van der Waals surface area contributed by atoms with Crippen molar-refractivity contribution in [2.24, 2.45) is 0 Å². The average molecular weight is 188 g/mol. The number of aromatic nitrogens is 2. The number of aromatic amines is 1. The van der Waals surface area contributed by atoms with Gasteiger partial charge in [-0.1, -0.05) is 13.3 Å². The van der Waals surface area contributed by atoms with Gasteiger partial charge in [0, 0.05) is 17.6 Å². The van der Waals surface area contributed by atoms with Crippen LogP contribution in [0.15, 0.2) is 29.2 Å². The van der Waals surface area contributed by atoms with E-state index in [1.165, 1.54) is 5.56 Å². The summed E-state index contributed by atoms with van der Waals surface area (Å²) in [6.07, 6.45) is 3.85. The molecule has 2 heterocycles. The third-order valence-electron chi connectivity index (χ3n) is 2.24. The standard InChI is InChI=1S/C11H12N2O/c1-2-3-8-6-7-12-11-9(8)4-5-10(14)13-11/h4-7H,2-3H2,1H3,(H,12,13,14). The van der Waals surface area contributed by atoms with Crippen LogP contribution in [-0.2, 0) is 6.42 Å². The molecule has 0 aliphatic carbocycles. The summed E-state index contributed by atoms with van der Waals surface area (Å²) in [6, 6.07) is 5.39. The minimum Gasteiger partial charge on any atom is -0.307 e. The van der Waals surface area contributed by atoms with Crippen LogP contribution in [0.3, 0.4) is 0 Å². The van der Waals surface area contributed by atoms with Crippen molar-refractivity contribution in [1.29, 1.82) is 0 Å². The summed E-state index contributed by atoms with van der Waals surface area (Å²) in [4.78, 5) is 17.9. The maximum absolute atomic E-state index is 11.1. The van der Waals surface area contributed by atoms with Crippen LogP contribution in [0.1, 0.15) is 18.9 Å². The Hall–Kier alpha value is -1.64. The Morgan fingerprint density at radius 1 is 1.36 bits per heavy atom. The van der Waals surface area contributed by atoms with E-state index < -0.39 is 0 Å². The Labute approximate surface area is 81.8 Å². The van der Waals surface area contributed by atoms with Crippen molar-refractivity contribution in [1.82, 2.24) is 9.97 Å². The Bertz CT molecular complexity index is 502. The molecule has 0 fully saturated rings. The fourth-order valence-electron chi connectivity index (χ4n) is 1.60. The Kier molecular flexibility index (Phi) is 2.31. The van der Waals surface area contributed by atoms with Gasteiger partial charge in [0.2, 0.25) is 5.56 Å². The normalized spacial score (nSPS) is 10.6. The summed E-state index contributed by atoms with van der Waals surface area (Å²) in [5, 5.41) is 1.05. The summed E-state index contributed by atoms with van der Waals surface area (Å²) < 4.78 is 0. The number of H-pyrrole nitrogens is 1. The average Bonchev–Trinajstić information content (AvgIpc) is 2.18. The molecule has 2 aromatic heterocycles. The molecule has 2 rings (SSSR count). The van der Waals surface area contributed by atoms with Gasteiger partial charge in [-0.2, -0.15) is 0 Å². The zero-order valence-electron chi connectivity index (χ0n) is 8.08. The highest BCUT2D eigenvalue weighted by Crippen LogP contribution is 2.14. The highest BCUT2D eigenvalue weighted by Gasteiger charge is 2.00. The van der Waals surface area contributed by atoms with Crippen LogP contribution in [0.25, 0.3) is 11.0 Å². The molecule has 0 spiro atoms. The summed E-state index contributed by atoms with van der Waals surface area (Å²) in [5.41, 5.74) is 1.83. The van der Waals surface area contributed by atoms with Gasteiger partial charge in [0.1, 0.15) is 5.65 Å². The maximum Gasteiger partial charge on any atom is 0.249 e. The summed E-state index contributed by atoms with van der Waals surface area (Å²) in [7, 11) is 0. The molecule has 1 N–H and O–H groups in total. The van der Waals surface area contributed by atoms with Gasteiger partial charge < -0.3 is 4.98 Å². The molecule has 0 unspecified atom stereocenters. The number of pyridine rings is 2. The number of nitrogens with one attached hydrogen (secondary N) is 1. The molecule has 0 bridgehead atoms. The van der Waals surface area contributed by atoms with Gasteiger partial charge in [-0.15, -0.1) is 0 Å². The SMILES string of the molecule is CCCc1ccnc2[nH]c(=O)ccc12. The molecule has 2 aromatic rings. The smallest absolute Gasteiger partial charge is 0.249 e. The topological polar surface area (TPSA) is 45.8 Å². The number of nitrogens with zero attached hydrogens (tertiary/aromatic N) is 1. The quantitative estimate of drug-likeness (QED) is 0.782. The van der Waals surface area contributed by atoms with Crippen molar-refractivity contribution in [3.63, 3.8) is 0 Å². The summed E-state index contributed by atoms with van der Waals surface area (Å²) in [5.74, 6) is 0. The zero-order chi connectivity index (χ0) is 9.97. The van der Waals surface area contributed by atoms with Crippen LogP contribution in [0.5, 0.6) is 0 Å². The zero-order valence-corrected chi connectivity index (χ0v) is 8.08. The molecule has 14 heavy (non-hydrogen) atoms. The van der Waals surface area contributed by atoms with E-state index in [2.05, 4.69) is 16.9 Å². The van der Waals surface area contributed by atoms with Crippen molar-refractivity contribution >= 4 is 11.0 Å². The fourth-order valence-corrected chi connectivity index (χ4v) is 1.60. The first-order valence-electron chi connectivity index (χ1n) is 4.78. The molecular weight excluding hydrogens is 176 g/mol. The first-order valence-corrected chi connectivity index (χ1v) is 4.78. The number of fused-ring (bicyclic) bond motifs is 1. The van der Waals surface area contributed by atoms with Gasteiger partial charge in [-0.25, -0.2) is 4.98 Å². The molecule has 0 saturated carbocycles. The summed E-state index contributed by atoms with van der Waals surface area (Å²) >= 11 is 0. The predicted octanol–water partition coefficient (Wildman–Crippen LogP) is 1.88. The molecule has 0 amide bonds.